The first-order chi connectivity index (χ1) is 10.5. The van der Waals surface area contributed by atoms with Crippen LogP contribution in [0.25, 0.3) is 0 Å². The van der Waals surface area contributed by atoms with Crippen LogP contribution < -0.4 is 10.1 Å². The SMILES string of the molecule is COc1ccccc1CCN1C(=O)N[C@@H](CCC(=O)O)C1=O. The molecule has 0 aromatic heterocycles. The van der Waals surface area contributed by atoms with Crippen LogP contribution in [0.5, 0.6) is 5.75 Å². The van der Waals surface area contributed by atoms with Gasteiger partial charge in [-0.2, -0.15) is 0 Å². The summed E-state index contributed by atoms with van der Waals surface area (Å²) in [7, 11) is 1.56. The van der Waals surface area contributed by atoms with Crippen molar-refractivity contribution < 1.29 is 24.2 Å². The van der Waals surface area contributed by atoms with Gasteiger partial charge in [-0.05, 0) is 24.5 Å². The van der Waals surface area contributed by atoms with E-state index in [4.69, 9.17) is 9.84 Å². The van der Waals surface area contributed by atoms with E-state index in [1.807, 2.05) is 24.3 Å². The van der Waals surface area contributed by atoms with Crippen LogP contribution in [0.4, 0.5) is 4.79 Å². The van der Waals surface area contributed by atoms with Gasteiger partial charge in [-0.3, -0.25) is 14.5 Å². The Morgan fingerprint density at radius 1 is 1.36 bits per heavy atom. The molecule has 1 heterocycles. The fraction of sp³-hybridized carbons (Fsp3) is 0.400. The number of hydrogen-bond donors (Lipinski definition) is 2. The number of methoxy groups -OCH3 is 1. The maximum absolute atomic E-state index is 12.1. The Balaban J connectivity index is 1.96. The Hall–Kier alpha value is -2.57. The number of amides is 3. The quantitative estimate of drug-likeness (QED) is 0.733. The lowest BCUT2D eigenvalue weighted by Crippen LogP contribution is -2.33. The van der Waals surface area contributed by atoms with E-state index in [0.717, 1.165) is 10.5 Å². The number of carbonyl (C=O) groups is 3. The van der Waals surface area contributed by atoms with Crippen molar-refractivity contribution in [2.45, 2.75) is 25.3 Å². The number of aliphatic carboxylic acids is 1. The minimum absolute atomic E-state index is 0.102. The predicted molar refractivity (Wildman–Crippen MR) is 77.6 cm³/mol. The normalized spacial score (nSPS) is 17.5. The molecule has 0 aliphatic carbocycles. The van der Waals surface area contributed by atoms with Crippen molar-refractivity contribution in [3.63, 3.8) is 0 Å². The summed E-state index contributed by atoms with van der Waals surface area (Å²) in [4.78, 5) is 35.6. The highest BCUT2D eigenvalue weighted by atomic mass is 16.5. The summed E-state index contributed by atoms with van der Waals surface area (Å²) in [5.41, 5.74) is 0.902. The lowest BCUT2D eigenvalue weighted by Gasteiger charge is -2.14. The van der Waals surface area contributed by atoms with E-state index in [2.05, 4.69) is 5.32 Å². The molecule has 0 saturated carbocycles. The van der Waals surface area contributed by atoms with E-state index >= 15 is 0 Å². The number of benzene rings is 1. The molecule has 3 amide bonds. The summed E-state index contributed by atoms with van der Waals surface area (Å²) in [6.45, 7) is 0.231. The molecule has 2 rings (SSSR count). The average molecular weight is 306 g/mol. The van der Waals surface area contributed by atoms with Gasteiger partial charge in [0.25, 0.3) is 5.91 Å². The highest BCUT2D eigenvalue weighted by molar-refractivity contribution is 6.04. The third-order valence-corrected chi connectivity index (χ3v) is 3.55. The molecule has 1 aromatic rings. The van der Waals surface area contributed by atoms with E-state index in [9.17, 15) is 14.4 Å². The lowest BCUT2D eigenvalue weighted by molar-refractivity contribution is -0.137. The Morgan fingerprint density at radius 2 is 2.09 bits per heavy atom. The van der Waals surface area contributed by atoms with Gasteiger partial charge in [-0.25, -0.2) is 4.79 Å². The first-order valence-corrected chi connectivity index (χ1v) is 6.98. The van der Waals surface area contributed by atoms with E-state index in [-0.39, 0.29) is 25.3 Å². The van der Waals surface area contributed by atoms with Gasteiger partial charge in [0.1, 0.15) is 11.8 Å². The fourth-order valence-corrected chi connectivity index (χ4v) is 2.39. The molecule has 0 spiro atoms. The maximum Gasteiger partial charge on any atom is 0.324 e. The molecule has 1 aliphatic rings. The third kappa shape index (κ3) is 3.55. The molecule has 0 bridgehead atoms. The zero-order valence-corrected chi connectivity index (χ0v) is 12.2. The van der Waals surface area contributed by atoms with E-state index in [0.29, 0.717) is 12.2 Å². The number of nitrogens with zero attached hydrogens (tertiary/aromatic N) is 1. The van der Waals surface area contributed by atoms with Crippen molar-refractivity contribution >= 4 is 17.9 Å². The van der Waals surface area contributed by atoms with Gasteiger partial charge >= 0.3 is 12.0 Å². The molecule has 7 nitrogen and oxygen atoms in total. The van der Waals surface area contributed by atoms with Crippen molar-refractivity contribution in [2.75, 3.05) is 13.7 Å². The molecule has 118 valence electrons. The van der Waals surface area contributed by atoms with Crippen LogP contribution in [-0.4, -0.2) is 47.6 Å². The van der Waals surface area contributed by atoms with Gasteiger partial charge in [0, 0.05) is 13.0 Å². The van der Waals surface area contributed by atoms with Crippen molar-refractivity contribution in [3.8, 4) is 5.75 Å². The Morgan fingerprint density at radius 3 is 2.77 bits per heavy atom. The molecule has 22 heavy (non-hydrogen) atoms. The standard InChI is InChI=1S/C15H18N2O5/c1-22-12-5-3-2-4-10(12)8-9-17-14(20)11(16-15(17)21)6-7-13(18)19/h2-5,11H,6-9H2,1H3,(H,16,21)(H,18,19)/t11-/m0/s1. The maximum atomic E-state index is 12.1. The van der Waals surface area contributed by atoms with Crippen LogP contribution in [0, 0.1) is 0 Å². The lowest BCUT2D eigenvalue weighted by atomic mass is 10.1. The first kappa shape index (κ1) is 15.8. The Labute approximate surface area is 127 Å². The predicted octanol–water partition coefficient (Wildman–Crippen LogP) is 1.02. The molecule has 2 N–H and O–H groups in total. The second kappa shape index (κ2) is 6.93. The fourth-order valence-electron chi connectivity index (χ4n) is 2.39. The summed E-state index contributed by atoms with van der Waals surface area (Å²) in [5, 5.41) is 11.2. The largest absolute Gasteiger partial charge is 0.496 e. The zero-order chi connectivity index (χ0) is 16.1. The average Bonchev–Trinajstić information content (AvgIpc) is 2.77. The summed E-state index contributed by atoms with van der Waals surface area (Å²) in [5.74, 6) is -0.660. The van der Waals surface area contributed by atoms with E-state index in [1.54, 1.807) is 7.11 Å². The number of urea groups is 1. The topological polar surface area (TPSA) is 95.9 Å². The number of hydrogen-bond acceptors (Lipinski definition) is 4. The molecule has 0 radical (unpaired) electrons. The van der Waals surface area contributed by atoms with Gasteiger partial charge in [0.2, 0.25) is 0 Å². The second-order valence-corrected chi connectivity index (χ2v) is 4.99. The molecule has 7 heteroatoms. The zero-order valence-electron chi connectivity index (χ0n) is 12.2. The highest BCUT2D eigenvalue weighted by Gasteiger charge is 2.37. The van der Waals surface area contributed by atoms with Crippen LogP contribution in [0.2, 0.25) is 0 Å². The summed E-state index contributed by atoms with van der Waals surface area (Å²) < 4.78 is 5.23. The summed E-state index contributed by atoms with van der Waals surface area (Å²) >= 11 is 0. The molecule has 0 unspecified atom stereocenters. The number of imide groups is 1. The smallest absolute Gasteiger partial charge is 0.324 e. The van der Waals surface area contributed by atoms with Crippen LogP contribution in [0.15, 0.2) is 24.3 Å². The van der Waals surface area contributed by atoms with Gasteiger partial charge in [0.05, 0.1) is 7.11 Å². The Bertz CT molecular complexity index is 587. The van der Waals surface area contributed by atoms with Gasteiger partial charge in [0.15, 0.2) is 0 Å². The minimum atomic E-state index is -0.991. The molecular weight excluding hydrogens is 288 g/mol. The number of nitrogens with one attached hydrogen (secondary N) is 1. The van der Waals surface area contributed by atoms with Crippen molar-refractivity contribution in [1.82, 2.24) is 10.2 Å². The van der Waals surface area contributed by atoms with Crippen molar-refractivity contribution in [3.05, 3.63) is 29.8 Å². The number of rotatable bonds is 7. The third-order valence-electron chi connectivity index (χ3n) is 3.55. The van der Waals surface area contributed by atoms with Crippen LogP contribution in [0.1, 0.15) is 18.4 Å². The number of carboxylic acid groups (broad SMARTS) is 1. The number of para-hydroxylation sites is 1. The monoisotopic (exact) mass is 306 g/mol. The molecular formula is C15H18N2O5. The van der Waals surface area contributed by atoms with Crippen LogP contribution in [-0.2, 0) is 16.0 Å². The molecule has 1 aliphatic heterocycles. The van der Waals surface area contributed by atoms with Gasteiger partial charge in [-0.15, -0.1) is 0 Å². The van der Waals surface area contributed by atoms with E-state index < -0.39 is 18.0 Å². The minimum Gasteiger partial charge on any atom is -0.496 e. The van der Waals surface area contributed by atoms with Gasteiger partial charge < -0.3 is 15.2 Å². The van der Waals surface area contributed by atoms with Crippen molar-refractivity contribution in [1.29, 1.82) is 0 Å². The van der Waals surface area contributed by atoms with E-state index in [1.165, 1.54) is 0 Å². The molecule has 1 fully saturated rings. The number of carboxylic acids is 1. The number of carbonyl (C=O) groups excluding carboxylic acids is 2. The molecule has 1 saturated heterocycles. The second-order valence-electron chi connectivity index (χ2n) is 4.99. The van der Waals surface area contributed by atoms with Crippen molar-refractivity contribution in [2.24, 2.45) is 0 Å². The molecule has 1 atom stereocenters. The molecule has 1 aromatic carbocycles. The van der Waals surface area contributed by atoms with Crippen LogP contribution >= 0.6 is 0 Å². The highest BCUT2D eigenvalue weighted by Crippen LogP contribution is 2.19. The van der Waals surface area contributed by atoms with Gasteiger partial charge in [-0.1, -0.05) is 18.2 Å². The number of ether oxygens (including phenoxy) is 1. The Kier molecular flexibility index (Phi) is 4.98. The summed E-state index contributed by atoms with van der Waals surface area (Å²) in [6, 6.07) is 6.17. The first-order valence-electron chi connectivity index (χ1n) is 6.98. The summed E-state index contributed by atoms with van der Waals surface area (Å²) in [6.07, 6.45) is 0.428. The van der Waals surface area contributed by atoms with Crippen LogP contribution in [0.3, 0.4) is 0 Å².